The highest BCUT2D eigenvalue weighted by Crippen LogP contribution is 1.96. The van der Waals surface area contributed by atoms with Crippen LogP contribution in [0.4, 0.5) is 0 Å². The van der Waals surface area contributed by atoms with Crippen LogP contribution in [0, 0.1) is 0 Å². The highest BCUT2D eigenvalue weighted by molar-refractivity contribution is 5.85. The summed E-state index contributed by atoms with van der Waals surface area (Å²) in [5.41, 5.74) is 0. The lowest BCUT2D eigenvalue weighted by Crippen LogP contribution is -2.13. The fourth-order valence-electron chi connectivity index (χ4n) is 0.888. The molecule has 2 nitrogen and oxygen atoms in total. The minimum Gasteiger partial charge on any atom is -0.316 e. The lowest BCUT2D eigenvalue weighted by molar-refractivity contribution is -0.118. The number of hydrogen-bond donors (Lipinski definition) is 1. The fourth-order valence-corrected chi connectivity index (χ4v) is 0.888. The van der Waals surface area contributed by atoms with Crippen LogP contribution in [-0.2, 0) is 4.79 Å². The van der Waals surface area contributed by atoms with Gasteiger partial charge in [-0.1, -0.05) is 0 Å². The Morgan fingerprint density at radius 2 is 1.80 bits per heavy atom. The van der Waals surface area contributed by atoms with Crippen molar-refractivity contribution in [2.75, 3.05) is 13.1 Å². The number of Topliss-reactive ketones (excluding diaryl/α,β-unsaturated/α-hetero) is 1. The number of ketones is 1. The molecule has 0 bridgehead atoms. The summed E-state index contributed by atoms with van der Waals surface area (Å²) in [6.07, 6.45) is 2.55. The lowest BCUT2D eigenvalue weighted by Gasteiger charge is -1.91. The van der Waals surface area contributed by atoms with Crippen molar-refractivity contribution in [1.29, 1.82) is 0 Å². The Kier molecular flexibility index (Phi) is 9.40. The lowest BCUT2D eigenvalue weighted by atomic mass is 10.2. The van der Waals surface area contributed by atoms with Gasteiger partial charge in [0.15, 0.2) is 0 Å². The summed E-state index contributed by atoms with van der Waals surface area (Å²) in [6.45, 7) is 1.91. The first-order valence-electron chi connectivity index (χ1n) is 3.12. The molecule has 4 heteroatoms. The topological polar surface area (TPSA) is 29.1 Å². The molecule has 0 unspecified atom stereocenters. The van der Waals surface area contributed by atoms with Gasteiger partial charge in [0, 0.05) is 19.4 Å². The molecule has 0 radical (unpaired) electrons. The van der Waals surface area contributed by atoms with Gasteiger partial charge in [-0.2, -0.15) is 0 Å². The van der Waals surface area contributed by atoms with Gasteiger partial charge in [-0.15, -0.1) is 24.8 Å². The molecule has 1 saturated heterocycles. The van der Waals surface area contributed by atoms with Crippen molar-refractivity contribution in [1.82, 2.24) is 5.32 Å². The maximum atomic E-state index is 10.6. The Balaban J connectivity index is 0. The Bertz CT molecular complexity index is 87.7. The smallest absolute Gasteiger partial charge is 0.134 e. The van der Waals surface area contributed by atoms with Crippen LogP contribution in [-0.4, -0.2) is 18.9 Å². The van der Waals surface area contributed by atoms with Crippen LogP contribution in [0.3, 0.4) is 0 Å². The molecule has 0 amide bonds. The molecule has 62 valence electrons. The molecule has 0 saturated carbocycles. The van der Waals surface area contributed by atoms with Crippen molar-refractivity contribution >= 4 is 30.6 Å². The van der Waals surface area contributed by atoms with E-state index in [0.717, 1.165) is 32.4 Å². The highest BCUT2D eigenvalue weighted by atomic mass is 35.5. The second-order valence-electron chi connectivity index (χ2n) is 2.14. The van der Waals surface area contributed by atoms with Crippen molar-refractivity contribution in [2.45, 2.75) is 19.3 Å². The molecule has 0 aliphatic carbocycles. The third-order valence-electron chi connectivity index (χ3n) is 1.39. The molecule has 0 atom stereocenters. The van der Waals surface area contributed by atoms with Crippen LogP contribution < -0.4 is 5.32 Å². The minimum atomic E-state index is 0. The average molecular weight is 186 g/mol. The van der Waals surface area contributed by atoms with Crippen LogP contribution in [0.5, 0.6) is 0 Å². The molecule has 1 fully saturated rings. The number of rotatable bonds is 0. The van der Waals surface area contributed by atoms with Gasteiger partial charge in [0.05, 0.1) is 0 Å². The summed E-state index contributed by atoms with van der Waals surface area (Å²) >= 11 is 0. The van der Waals surface area contributed by atoms with Gasteiger partial charge >= 0.3 is 0 Å². The maximum Gasteiger partial charge on any atom is 0.134 e. The van der Waals surface area contributed by atoms with Crippen LogP contribution >= 0.6 is 24.8 Å². The second-order valence-corrected chi connectivity index (χ2v) is 2.14. The highest BCUT2D eigenvalue weighted by Gasteiger charge is 2.04. The predicted octanol–water partition coefficient (Wildman–Crippen LogP) is 1.17. The van der Waals surface area contributed by atoms with Gasteiger partial charge in [-0.05, 0) is 13.0 Å². The molecule has 0 aromatic heterocycles. The van der Waals surface area contributed by atoms with Crippen LogP contribution in [0.1, 0.15) is 19.3 Å². The molecule has 10 heavy (non-hydrogen) atoms. The molecule has 1 N–H and O–H groups in total. The van der Waals surface area contributed by atoms with E-state index in [1.807, 2.05) is 0 Å². The van der Waals surface area contributed by atoms with E-state index in [0.29, 0.717) is 5.78 Å². The first-order valence-corrected chi connectivity index (χ1v) is 3.12. The molecule has 0 aromatic carbocycles. The summed E-state index contributed by atoms with van der Waals surface area (Å²) in [7, 11) is 0. The zero-order chi connectivity index (χ0) is 5.82. The van der Waals surface area contributed by atoms with E-state index in [2.05, 4.69) is 5.32 Å². The van der Waals surface area contributed by atoms with E-state index < -0.39 is 0 Å². The summed E-state index contributed by atoms with van der Waals surface area (Å²) in [5, 5.41) is 3.16. The Labute approximate surface area is 73.6 Å². The number of carbonyl (C=O) groups excluding carboxylic acids is 1. The zero-order valence-electron chi connectivity index (χ0n) is 5.76. The zero-order valence-corrected chi connectivity index (χ0v) is 7.39. The molecular formula is C6H13Cl2NO. The van der Waals surface area contributed by atoms with E-state index in [-0.39, 0.29) is 24.8 Å². The summed E-state index contributed by atoms with van der Waals surface area (Å²) in [5.74, 6) is 0.412. The molecular weight excluding hydrogens is 173 g/mol. The van der Waals surface area contributed by atoms with E-state index in [9.17, 15) is 4.79 Å². The quantitative estimate of drug-likeness (QED) is 0.615. The van der Waals surface area contributed by atoms with Crippen LogP contribution in [0.25, 0.3) is 0 Å². The molecule has 1 aliphatic rings. The van der Waals surface area contributed by atoms with Crippen molar-refractivity contribution in [2.24, 2.45) is 0 Å². The Hall–Kier alpha value is 0.210. The number of nitrogens with one attached hydrogen (secondary N) is 1. The van der Waals surface area contributed by atoms with E-state index in [1.54, 1.807) is 0 Å². The van der Waals surface area contributed by atoms with Crippen molar-refractivity contribution in [3.63, 3.8) is 0 Å². The summed E-state index contributed by atoms with van der Waals surface area (Å²) < 4.78 is 0. The largest absolute Gasteiger partial charge is 0.316 e. The molecule has 0 aromatic rings. The standard InChI is InChI=1S/C6H11NO.2ClH/c8-6-2-1-4-7-5-3-6;;/h7H,1-5H2;2*1H. The molecule has 1 heterocycles. The average Bonchev–Trinajstić information content (AvgIpc) is 1.94. The van der Waals surface area contributed by atoms with Gasteiger partial charge in [-0.3, -0.25) is 4.79 Å². The first kappa shape index (κ1) is 12.8. The SMILES string of the molecule is Cl.Cl.O=C1CCCNCC1. The van der Waals surface area contributed by atoms with Gasteiger partial charge < -0.3 is 5.32 Å². The van der Waals surface area contributed by atoms with E-state index in [4.69, 9.17) is 0 Å². The van der Waals surface area contributed by atoms with Gasteiger partial charge in [0.2, 0.25) is 0 Å². The van der Waals surface area contributed by atoms with Crippen molar-refractivity contribution < 1.29 is 4.79 Å². The van der Waals surface area contributed by atoms with Gasteiger partial charge in [0.1, 0.15) is 5.78 Å². The summed E-state index contributed by atoms with van der Waals surface area (Å²) in [4.78, 5) is 10.6. The number of hydrogen-bond acceptors (Lipinski definition) is 2. The minimum absolute atomic E-state index is 0. The summed E-state index contributed by atoms with van der Waals surface area (Å²) in [6, 6.07) is 0. The molecule has 1 aliphatic heterocycles. The Morgan fingerprint density at radius 3 is 2.50 bits per heavy atom. The van der Waals surface area contributed by atoms with Gasteiger partial charge in [0.25, 0.3) is 0 Å². The third kappa shape index (κ3) is 5.03. The normalized spacial score (nSPS) is 18.2. The van der Waals surface area contributed by atoms with Crippen molar-refractivity contribution in [3.8, 4) is 0 Å². The molecule has 1 rings (SSSR count). The fraction of sp³-hybridized carbons (Fsp3) is 0.833. The van der Waals surface area contributed by atoms with Crippen molar-refractivity contribution in [3.05, 3.63) is 0 Å². The van der Waals surface area contributed by atoms with Gasteiger partial charge in [-0.25, -0.2) is 0 Å². The number of carbonyl (C=O) groups is 1. The maximum absolute atomic E-state index is 10.6. The number of halogens is 2. The first-order chi connectivity index (χ1) is 3.89. The Morgan fingerprint density at radius 1 is 1.10 bits per heavy atom. The van der Waals surface area contributed by atoms with E-state index >= 15 is 0 Å². The molecule has 0 spiro atoms. The second kappa shape index (κ2) is 7.32. The van der Waals surface area contributed by atoms with Crippen LogP contribution in [0.2, 0.25) is 0 Å². The van der Waals surface area contributed by atoms with Crippen LogP contribution in [0.15, 0.2) is 0 Å². The third-order valence-corrected chi connectivity index (χ3v) is 1.39. The predicted molar refractivity (Wildman–Crippen MR) is 46.2 cm³/mol. The monoisotopic (exact) mass is 185 g/mol. The van der Waals surface area contributed by atoms with E-state index in [1.165, 1.54) is 0 Å².